The van der Waals surface area contributed by atoms with E-state index >= 15 is 0 Å². The molecule has 82 valence electrons. The molecule has 15 heavy (non-hydrogen) atoms. The Labute approximate surface area is 92.9 Å². The van der Waals surface area contributed by atoms with Crippen molar-refractivity contribution in [2.75, 3.05) is 13.1 Å². The molecule has 0 unspecified atom stereocenters. The van der Waals surface area contributed by atoms with Crippen LogP contribution in [0, 0.1) is 5.41 Å². The van der Waals surface area contributed by atoms with Crippen molar-refractivity contribution in [3.63, 3.8) is 0 Å². The van der Waals surface area contributed by atoms with E-state index in [1.54, 1.807) is 0 Å². The van der Waals surface area contributed by atoms with Crippen LogP contribution in [0.5, 0.6) is 0 Å². The van der Waals surface area contributed by atoms with Crippen LogP contribution in [0.3, 0.4) is 0 Å². The highest BCUT2D eigenvalue weighted by atomic mass is 14.9. The predicted octanol–water partition coefficient (Wildman–Crippen LogP) is 3.01. The molecule has 0 atom stereocenters. The number of hydrogen-bond donors (Lipinski definition) is 1. The monoisotopic (exact) mass is 203 g/mol. The van der Waals surface area contributed by atoms with Crippen molar-refractivity contribution in [3.05, 3.63) is 35.9 Å². The summed E-state index contributed by atoms with van der Waals surface area (Å²) in [7, 11) is 0. The van der Waals surface area contributed by atoms with Gasteiger partial charge in [-0.1, -0.05) is 43.7 Å². The summed E-state index contributed by atoms with van der Waals surface area (Å²) in [5, 5.41) is 3.58. The molecule has 0 saturated heterocycles. The summed E-state index contributed by atoms with van der Waals surface area (Å²) < 4.78 is 0. The first-order chi connectivity index (χ1) is 7.29. The van der Waals surface area contributed by atoms with E-state index < -0.39 is 0 Å². The maximum atomic E-state index is 3.58. The molecule has 0 aromatic heterocycles. The molecule has 0 heterocycles. The third-order valence-electron chi connectivity index (χ3n) is 3.55. The summed E-state index contributed by atoms with van der Waals surface area (Å²) in [6, 6.07) is 10.7. The van der Waals surface area contributed by atoms with Crippen molar-refractivity contribution in [3.8, 4) is 0 Å². The molecule has 0 spiro atoms. The van der Waals surface area contributed by atoms with Crippen molar-refractivity contribution in [2.24, 2.45) is 5.41 Å². The fraction of sp³-hybridized carbons (Fsp3) is 0.571. The van der Waals surface area contributed by atoms with E-state index in [9.17, 15) is 0 Å². The summed E-state index contributed by atoms with van der Waals surface area (Å²) in [6.07, 6.45) is 5.39. The minimum Gasteiger partial charge on any atom is -0.316 e. The Hall–Kier alpha value is -0.820. The van der Waals surface area contributed by atoms with Gasteiger partial charge >= 0.3 is 0 Å². The van der Waals surface area contributed by atoms with E-state index in [1.807, 2.05) is 0 Å². The molecule has 0 aliphatic heterocycles. The van der Waals surface area contributed by atoms with Gasteiger partial charge in [0.2, 0.25) is 0 Å². The third kappa shape index (κ3) is 3.07. The van der Waals surface area contributed by atoms with Gasteiger partial charge in [-0.3, -0.25) is 0 Å². The molecule has 1 aromatic carbocycles. The molecular formula is C14H21N. The lowest BCUT2D eigenvalue weighted by molar-refractivity contribution is 0.157. The van der Waals surface area contributed by atoms with Crippen LogP contribution in [0.15, 0.2) is 30.3 Å². The summed E-state index contributed by atoms with van der Waals surface area (Å²) in [5.74, 6) is 0. The van der Waals surface area contributed by atoms with Crippen LogP contribution in [-0.2, 0) is 6.42 Å². The number of nitrogens with one attached hydrogen (secondary N) is 1. The van der Waals surface area contributed by atoms with Crippen molar-refractivity contribution in [2.45, 2.75) is 32.6 Å². The van der Waals surface area contributed by atoms with Gasteiger partial charge in [-0.15, -0.1) is 0 Å². The van der Waals surface area contributed by atoms with Gasteiger partial charge < -0.3 is 5.32 Å². The average molecular weight is 203 g/mol. The largest absolute Gasteiger partial charge is 0.316 e. The fourth-order valence-electron chi connectivity index (χ4n) is 2.22. The Kier molecular flexibility index (Phi) is 3.42. The first kappa shape index (κ1) is 10.7. The number of hydrogen-bond acceptors (Lipinski definition) is 1. The Bertz CT molecular complexity index is 287. The summed E-state index contributed by atoms with van der Waals surface area (Å²) in [6.45, 7) is 4.70. The number of rotatable bonds is 5. The van der Waals surface area contributed by atoms with Gasteiger partial charge in [0.15, 0.2) is 0 Å². The molecule has 2 rings (SSSR count). The van der Waals surface area contributed by atoms with Gasteiger partial charge in [-0.25, -0.2) is 0 Å². The van der Waals surface area contributed by atoms with Crippen LogP contribution in [0.4, 0.5) is 0 Å². The summed E-state index contributed by atoms with van der Waals surface area (Å²) in [4.78, 5) is 0. The summed E-state index contributed by atoms with van der Waals surface area (Å²) in [5.41, 5.74) is 2.04. The van der Waals surface area contributed by atoms with Crippen molar-refractivity contribution < 1.29 is 0 Å². The van der Waals surface area contributed by atoms with Crippen LogP contribution < -0.4 is 5.32 Å². The minimum absolute atomic E-state index is 0.608. The molecule has 0 bridgehead atoms. The van der Waals surface area contributed by atoms with Crippen molar-refractivity contribution >= 4 is 0 Å². The second-order valence-electron chi connectivity index (χ2n) is 5.08. The lowest BCUT2D eigenvalue weighted by Gasteiger charge is -2.38. The zero-order chi connectivity index (χ0) is 10.6. The van der Waals surface area contributed by atoms with Crippen LogP contribution in [0.25, 0.3) is 0 Å². The van der Waals surface area contributed by atoms with Crippen LogP contribution in [-0.4, -0.2) is 13.1 Å². The van der Waals surface area contributed by atoms with E-state index in [1.165, 1.54) is 31.4 Å². The highest BCUT2D eigenvalue weighted by Crippen LogP contribution is 2.39. The maximum absolute atomic E-state index is 3.58. The second-order valence-corrected chi connectivity index (χ2v) is 5.08. The normalized spacial score (nSPS) is 18.5. The van der Waals surface area contributed by atoms with Crippen LogP contribution >= 0.6 is 0 Å². The van der Waals surface area contributed by atoms with Gasteiger partial charge in [0.25, 0.3) is 0 Å². The maximum Gasteiger partial charge on any atom is 0.000529 e. The average Bonchev–Trinajstić information content (AvgIpc) is 2.23. The Morgan fingerprint density at radius 1 is 1.20 bits per heavy atom. The van der Waals surface area contributed by atoms with Crippen LogP contribution in [0.1, 0.15) is 31.7 Å². The zero-order valence-electron chi connectivity index (χ0n) is 9.63. The Morgan fingerprint density at radius 2 is 1.93 bits per heavy atom. The Morgan fingerprint density at radius 3 is 2.53 bits per heavy atom. The first-order valence-corrected chi connectivity index (χ1v) is 6.03. The molecule has 1 aliphatic rings. The van der Waals surface area contributed by atoms with E-state index in [4.69, 9.17) is 0 Å². The Balaban J connectivity index is 1.63. The summed E-state index contributed by atoms with van der Waals surface area (Å²) >= 11 is 0. The van der Waals surface area contributed by atoms with Gasteiger partial charge in [-0.05, 0) is 36.8 Å². The topological polar surface area (TPSA) is 12.0 Å². The first-order valence-electron chi connectivity index (χ1n) is 6.03. The minimum atomic E-state index is 0.608. The number of benzene rings is 1. The standard InChI is InChI=1S/C14H21N/c1-14(9-5-10-14)12-15-11-8-13-6-3-2-4-7-13/h2-4,6-7,15H,5,8-12H2,1H3. The molecular weight excluding hydrogens is 182 g/mol. The SMILES string of the molecule is CC1(CNCCc2ccccc2)CCC1. The zero-order valence-corrected chi connectivity index (χ0v) is 9.63. The molecule has 0 radical (unpaired) electrons. The van der Waals surface area contributed by atoms with E-state index in [0.29, 0.717) is 5.41 Å². The highest BCUT2D eigenvalue weighted by molar-refractivity contribution is 5.14. The predicted molar refractivity (Wildman–Crippen MR) is 65.0 cm³/mol. The van der Waals surface area contributed by atoms with E-state index in [0.717, 1.165) is 13.0 Å². The van der Waals surface area contributed by atoms with Gasteiger partial charge in [0.1, 0.15) is 0 Å². The van der Waals surface area contributed by atoms with Crippen molar-refractivity contribution in [1.82, 2.24) is 5.32 Å². The highest BCUT2D eigenvalue weighted by Gasteiger charge is 2.30. The molecule has 1 nitrogen and oxygen atoms in total. The van der Waals surface area contributed by atoms with E-state index in [2.05, 4.69) is 42.6 Å². The molecule has 1 fully saturated rings. The van der Waals surface area contributed by atoms with Crippen molar-refractivity contribution in [1.29, 1.82) is 0 Å². The fourth-order valence-corrected chi connectivity index (χ4v) is 2.22. The molecule has 1 saturated carbocycles. The molecule has 1 aliphatic carbocycles. The molecule has 0 amide bonds. The lowest BCUT2D eigenvalue weighted by Crippen LogP contribution is -2.37. The third-order valence-corrected chi connectivity index (χ3v) is 3.55. The quantitative estimate of drug-likeness (QED) is 0.725. The van der Waals surface area contributed by atoms with E-state index in [-0.39, 0.29) is 0 Å². The second kappa shape index (κ2) is 4.80. The lowest BCUT2D eigenvalue weighted by atomic mass is 9.70. The van der Waals surface area contributed by atoms with Crippen LogP contribution in [0.2, 0.25) is 0 Å². The van der Waals surface area contributed by atoms with Gasteiger partial charge in [0, 0.05) is 6.54 Å². The molecule has 1 aromatic rings. The molecule has 1 N–H and O–H groups in total. The smallest absolute Gasteiger partial charge is 0.000529 e. The van der Waals surface area contributed by atoms with Gasteiger partial charge in [0.05, 0.1) is 0 Å². The molecule has 1 heteroatoms. The van der Waals surface area contributed by atoms with Gasteiger partial charge in [-0.2, -0.15) is 0 Å².